The van der Waals surface area contributed by atoms with E-state index in [1.165, 1.54) is 54.7 Å². The van der Waals surface area contributed by atoms with E-state index in [0.717, 1.165) is 33.0 Å². The molecule has 0 aliphatic heterocycles. The first-order valence-electron chi connectivity index (χ1n) is 14.7. The van der Waals surface area contributed by atoms with Gasteiger partial charge in [-0.15, -0.1) is 0 Å². The van der Waals surface area contributed by atoms with Crippen LogP contribution < -0.4 is 0 Å². The smallest absolute Gasteiger partial charge is 0.143 e. The van der Waals surface area contributed by atoms with Crippen molar-refractivity contribution >= 4 is 76.3 Å². The van der Waals surface area contributed by atoms with E-state index in [4.69, 9.17) is 4.42 Å². The summed E-state index contributed by atoms with van der Waals surface area (Å²) in [5, 5.41) is 9.66. The molecule has 0 saturated heterocycles. The number of para-hydroxylation sites is 4. The van der Waals surface area contributed by atoms with E-state index in [1.54, 1.807) is 0 Å². The van der Waals surface area contributed by atoms with Crippen molar-refractivity contribution in [3.8, 4) is 11.4 Å². The molecule has 0 amide bonds. The monoisotopic (exact) mass is 548 g/mol. The Balaban J connectivity index is 1.29. The second-order valence-corrected chi connectivity index (χ2v) is 11.3. The molecule has 0 radical (unpaired) electrons. The molecule has 0 aliphatic carbocycles. The van der Waals surface area contributed by atoms with Crippen LogP contribution in [0.4, 0.5) is 0 Å². The molecule has 0 saturated carbocycles. The van der Waals surface area contributed by atoms with E-state index in [0.29, 0.717) is 0 Å². The van der Waals surface area contributed by atoms with Crippen LogP contribution in [0.3, 0.4) is 0 Å². The highest BCUT2D eigenvalue weighted by Crippen LogP contribution is 2.42. The maximum atomic E-state index is 6.44. The van der Waals surface area contributed by atoms with Gasteiger partial charge in [0, 0.05) is 49.1 Å². The van der Waals surface area contributed by atoms with Crippen LogP contribution in [-0.2, 0) is 0 Å². The minimum Gasteiger partial charge on any atom is -0.455 e. The number of hydrogen-bond acceptors (Lipinski definition) is 1. The van der Waals surface area contributed by atoms with Crippen LogP contribution in [0.15, 0.2) is 150 Å². The highest BCUT2D eigenvalue weighted by atomic mass is 16.3. The molecule has 0 unspecified atom stereocenters. The van der Waals surface area contributed by atoms with Gasteiger partial charge in [-0.2, -0.15) is 0 Å². The molecule has 7 aromatic carbocycles. The largest absolute Gasteiger partial charge is 0.455 e. The van der Waals surface area contributed by atoms with Crippen molar-refractivity contribution in [2.75, 3.05) is 0 Å². The van der Waals surface area contributed by atoms with Crippen molar-refractivity contribution in [2.45, 2.75) is 0 Å². The van der Waals surface area contributed by atoms with Gasteiger partial charge in [0.1, 0.15) is 11.2 Å². The van der Waals surface area contributed by atoms with E-state index in [2.05, 4.69) is 149 Å². The standard InChI is InChI=1S/C40H24N2O/c1-2-10-25(11-3-1)41-34-15-7-4-12-27(34)33-24-26(18-22-36(33)41)42-35-16-8-5-14-32(35)39-29-19-20-30-28-13-6-9-17-38(28)43-40(30)31(29)21-23-37(39)42/h1-24H. The summed E-state index contributed by atoms with van der Waals surface area (Å²) < 4.78 is 11.2. The number of nitrogens with zero attached hydrogens (tertiary/aromatic N) is 2. The molecular formula is C40H24N2O. The van der Waals surface area contributed by atoms with Crippen molar-refractivity contribution in [1.82, 2.24) is 9.13 Å². The predicted octanol–water partition coefficient (Wildman–Crippen LogP) is 10.9. The van der Waals surface area contributed by atoms with Crippen molar-refractivity contribution in [2.24, 2.45) is 0 Å². The number of hydrogen-bond donors (Lipinski definition) is 0. The van der Waals surface area contributed by atoms with E-state index in [9.17, 15) is 0 Å². The van der Waals surface area contributed by atoms with Crippen LogP contribution in [-0.4, -0.2) is 9.13 Å². The SMILES string of the molecule is c1ccc(-n2c3ccccc3c3cc(-n4c5ccccc5c5c6ccc7c8ccccc8oc7c6ccc54)ccc32)cc1. The van der Waals surface area contributed by atoms with Crippen molar-refractivity contribution in [1.29, 1.82) is 0 Å². The molecule has 0 atom stereocenters. The predicted molar refractivity (Wildman–Crippen MR) is 180 cm³/mol. The van der Waals surface area contributed by atoms with E-state index in [1.807, 2.05) is 6.07 Å². The third-order valence-corrected chi connectivity index (χ3v) is 9.10. The van der Waals surface area contributed by atoms with Gasteiger partial charge in [-0.25, -0.2) is 0 Å². The van der Waals surface area contributed by atoms with Crippen molar-refractivity contribution in [3.05, 3.63) is 146 Å². The number of rotatable bonds is 2. The topological polar surface area (TPSA) is 23.0 Å². The van der Waals surface area contributed by atoms with E-state index < -0.39 is 0 Å². The average Bonchev–Trinajstić information content (AvgIpc) is 3.72. The molecular weight excluding hydrogens is 524 g/mol. The lowest BCUT2D eigenvalue weighted by molar-refractivity contribution is 0.672. The number of aromatic nitrogens is 2. The highest BCUT2D eigenvalue weighted by molar-refractivity contribution is 6.26. The zero-order valence-electron chi connectivity index (χ0n) is 23.2. The lowest BCUT2D eigenvalue weighted by Gasteiger charge is -2.10. The summed E-state index contributed by atoms with van der Waals surface area (Å²) in [6.07, 6.45) is 0. The number of benzene rings is 7. The van der Waals surface area contributed by atoms with Crippen molar-refractivity contribution in [3.63, 3.8) is 0 Å². The molecule has 0 N–H and O–H groups in total. The fraction of sp³-hybridized carbons (Fsp3) is 0. The number of fused-ring (bicyclic) bond motifs is 12. The maximum absolute atomic E-state index is 6.44. The van der Waals surface area contributed by atoms with Crippen LogP contribution in [0.5, 0.6) is 0 Å². The third-order valence-electron chi connectivity index (χ3n) is 9.10. The quantitative estimate of drug-likeness (QED) is 0.211. The Bertz CT molecular complexity index is 2720. The molecule has 3 nitrogen and oxygen atoms in total. The fourth-order valence-electron chi connectivity index (χ4n) is 7.29. The molecule has 0 fully saturated rings. The Morgan fingerprint density at radius 2 is 0.930 bits per heavy atom. The minimum atomic E-state index is 0.926. The molecule has 200 valence electrons. The summed E-state index contributed by atoms with van der Waals surface area (Å²) in [7, 11) is 0. The van der Waals surface area contributed by atoms with E-state index in [-0.39, 0.29) is 0 Å². The van der Waals surface area contributed by atoms with Crippen LogP contribution in [0.25, 0.3) is 87.7 Å². The third kappa shape index (κ3) is 3.03. The lowest BCUT2D eigenvalue weighted by Crippen LogP contribution is -1.95. The second kappa shape index (κ2) is 8.37. The molecule has 3 aromatic heterocycles. The molecule has 3 heteroatoms. The summed E-state index contributed by atoms with van der Waals surface area (Å²) in [4.78, 5) is 0. The highest BCUT2D eigenvalue weighted by Gasteiger charge is 2.19. The first-order valence-corrected chi connectivity index (χ1v) is 14.7. The lowest BCUT2D eigenvalue weighted by atomic mass is 10.0. The van der Waals surface area contributed by atoms with Gasteiger partial charge in [0.2, 0.25) is 0 Å². The summed E-state index contributed by atoms with van der Waals surface area (Å²) in [6, 6.07) is 52.3. The average molecular weight is 549 g/mol. The van der Waals surface area contributed by atoms with Crippen LogP contribution in [0, 0.1) is 0 Å². The van der Waals surface area contributed by atoms with Gasteiger partial charge >= 0.3 is 0 Å². The first-order chi connectivity index (χ1) is 21.3. The Kier molecular flexibility index (Phi) is 4.45. The Morgan fingerprint density at radius 3 is 1.79 bits per heavy atom. The minimum absolute atomic E-state index is 0.926. The number of furan rings is 1. The maximum Gasteiger partial charge on any atom is 0.143 e. The molecule has 10 rings (SSSR count). The zero-order chi connectivity index (χ0) is 28.1. The summed E-state index contributed by atoms with van der Waals surface area (Å²) in [5.74, 6) is 0. The molecule has 43 heavy (non-hydrogen) atoms. The summed E-state index contributed by atoms with van der Waals surface area (Å²) >= 11 is 0. The first kappa shape index (κ1) is 22.8. The van der Waals surface area contributed by atoms with Gasteiger partial charge in [-0.05, 0) is 72.1 Å². The van der Waals surface area contributed by atoms with Crippen LogP contribution >= 0.6 is 0 Å². The second-order valence-electron chi connectivity index (χ2n) is 11.3. The Hall–Kier alpha value is -5.80. The van der Waals surface area contributed by atoms with Gasteiger partial charge in [-0.3, -0.25) is 0 Å². The molecule has 0 spiro atoms. The van der Waals surface area contributed by atoms with Crippen LogP contribution in [0.2, 0.25) is 0 Å². The fourth-order valence-corrected chi connectivity index (χ4v) is 7.29. The van der Waals surface area contributed by atoms with Gasteiger partial charge < -0.3 is 13.6 Å². The van der Waals surface area contributed by atoms with Gasteiger partial charge in [-0.1, -0.05) is 78.9 Å². The molecule has 0 aliphatic rings. The van der Waals surface area contributed by atoms with Gasteiger partial charge in [0.25, 0.3) is 0 Å². The van der Waals surface area contributed by atoms with E-state index >= 15 is 0 Å². The normalized spacial score (nSPS) is 12.2. The van der Waals surface area contributed by atoms with Gasteiger partial charge in [0.15, 0.2) is 0 Å². The Morgan fingerprint density at radius 1 is 0.349 bits per heavy atom. The molecule has 0 bridgehead atoms. The van der Waals surface area contributed by atoms with Crippen LogP contribution in [0.1, 0.15) is 0 Å². The van der Waals surface area contributed by atoms with Gasteiger partial charge in [0.05, 0.1) is 22.1 Å². The molecule has 3 heterocycles. The Labute approximate surface area is 246 Å². The molecule has 10 aromatic rings. The summed E-state index contributed by atoms with van der Waals surface area (Å²) in [6.45, 7) is 0. The summed E-state index contributed by atoms with van der Waals surface area (Å²) in [5.41, 5.74) is 9.00. The van der Waals surface area contributed by atoms with Crippen molar-refractivity contribution < 1.29 is 4.42 Å². The zero-order valence-corrected chi connectivity index (χ0v) is 23.2.